The molecule has 0 atom stereocenters. The molecule has 7 heteroatoms. The first-order valence-corrected chi connectivity index (χ1v) is 7.21. The molecule has 3 rings (SSSR count). The number of piperazine rings is 1. The number of rotatable bonds is 3. The van der Waals surface area contributed by atoms with Gasteiger partial charge in [-0.15, -0.1) is 10.2 Å². The van der Waals surface area contributed by atoms with E-state index in [1.54, 1.807) is 24.4 Å². The van der Waals surface area contributed by atoms with Crippen LogP contribution >= 0.6 is 0 Å². The van der Waals surface area contributed by atoms with Crippen molar-refractivity contribution in [1.29, 1.82) is 0 Å². The van der Waals surface area contributed by atoms with Crippen LogP contribution < -0.4 is 10.2 Å². The smallest absolute Gasteiger partial charge is 0.258 e. The van der Waals surface area contributed by atoms with Gasteiger partial charge in [0.15, 0.2) is 11.6 Å². The SMILES string of the molecule is CN1CCN(c2ccc(NC(=O)c3cccnc3)nn2)CC1. The average Bonchev–Trinajstić information content (AvgIpc) is 2.57. The van der Waals surface area contributed by atoms with Gasteiger partial charge < -0.3 is 15.1 Å². The van der Waals surface area contributed by atoms with E-state index in [9.17, 15) is 4.79 Å². The van der Waals surface area contributed by atoms with Crippen LogP contribution in [0, 0.1) is 0 Å². The van der Waals surface area contributed by atoms with Crippen molar-refractivity contribution < 1.29 is 4.79 Å². The summed E-state index contributed by atoms with van der Waals surface area (Å²) in [4.78, 5) is 20.4. The minimum atomic E-state index is -0.241. The molecule has 114 valence electrons. The van der Waals surface area contributed by atoms with Gasteiger partial charge in [0.25, 0.3) is 5.91 Å². The van der Waals surface area contributed by atoms with Crippen molar-refractivity contribution in [1.82, 2.24) is 20.1 Å². The highest BCUT2D eigenvalue weighted by Crippen LogP contribution is 2.14. The molecule has 22 heavy (non-hydrogen) atoms. The van der Waals surface area contributed by atoms with Crippen LogP contribution in [0.1, 0.15) is 10.4 Å². The van der Waals surface area contributed by atoms with Crippen LogP contribution in [0.15, 0.2) is 36.7 Å². The van der Waals surface area contributed by atoms with Crippen LogP contribution in [-0.2, 0) is 0 Å². The standard InChI is InChI=1S/C15H18N6O/c1-20-7-9-21(10-8-20)14-5-4-13(18-19-14)17-15(22)12-3-2-6-16-11-12/h2-6,11H,7-10H2,1H3,(H,17,18,22). The van der Waals surface area contributed by atoms with Crippen molar-refractivity contribution in [3.63, 3.8) is 0 Å². The van der Waals surface area contributed by atoms with Gasteiger partial charge in [-0.05, 0) is 31.3 Å². The van der Waals surface area contributed by atoms with Gasteiger partial charge in [0.1, 0.15) is 0 Å². The molecule has 0 aliphatic carbocycles. The van der Waals surface area contributed by atoms with Crippen LogP contribution in [0.5, 0.6) is 0 Å². The first-order valence-electron chi connectivity index (χ1n) is 7.21. The molecule has 1 N–H and O–H groups in total. The van der Waals surface area contributed by atoms with Gasteiger partial charge in [-0.1, -0.05) is 0 Å². The number of amides is 1. The summed E-state index contributed by atoms with van der Waals surface area (Å²) in [6.45, 7) is 3.90. The monoisotopic (exact) mass is 298 g/mol. The molecule has 1 aliphatic heterocycles. The Morgan fingerprint density at radius 3 is 2.59 bits per heavy atom. The normalized spacial score (nSPS) is 15.6. The van der Waals surface area contributed by atoms with Crippen LogP contribution in [0.25, 0.3) is 0 Å². The number of pyridine rings is 1. The molecule has 0 unspecified atom stereocenters. The number of likely N-dealkylation sites (N-methyl/N-ethyl adjacent to an activating group) is 1. The van der Waals surface area contributed by atoms with E-state index in [1.807, 2.05) is 6.07 Å². The molecule has 0 saturated carbocycles. The minimum Gasteiger partial charge on any atom is -0.353 e. The van der Waals surface area contributed by atoms with Crippen LogP contribution in [0.3, 0.4) is 0 Å². The number of nitrogens with one attached hydrogen (secondary N) is 1. The lowest BCUT2D eigenvalue weighted by Crippen LogP contribution is -2.44. The second-order valence-corrected chi connectivity index (χ2v) is 5.26. The topological polar surface area (TPSA) is 74.2 Å². The van der Waals surface area contributed by atoms with E-state index >= 15 is 0 Å². The molecule has 0 spiro atoms. The van der Waals surface area contributed by atoms with Crippen molar-refractivity contribution in [3.05, 3.63) is 42.2 Å². The second-order valence-electron chi connectivity index (χ2n) is 5.26. The first kappa shape index (κ1) is 14.4. The maximum absolute atomic E-state index is 12.0. The highest BCUT2D eigenvalue weighted by Gasteiger charge is 2.15. The summed E-state index contributed by atoms with van der Waals surface area (Å²) < 4.78 is 0. The fourth-order valence-corrected chi connectivity index (χ4v) is 2.28. The molecule has 2 aromatic rings. The number of carbonyl (C=O) groups is 1. The summed E-state index contributed by atoms with van der Waals surface area (Å²) in [6.07, 6.45) is 3.14. The van der Waals surface area contributed by atoms with Crippen molar-refractivity contribution in [2.45, 2.75) is 0 Å². The molecule has 0 radical (unpaired) electrons. The highest BCUT2D eigenvalue weighted by atomic mass is 16.1. The highest BCUT2D eigenvalue weighted by molar-refractivity contribution is 6.03. The van der Waals surface area contributed by atoms with Crippen LogP contribution in [0.4, 0.5) is 11.6 Å². The zero-order chi connectivity index (χ0) is 15.4. The van der Waals surface area contributed by atoms with E-state index in [0.29, 0.717) is 11.4 Å². The number of carbonyl (C=O) groups excluding carboxylic acids is 1. The van der Waals surface area contributed by atoms with Crippen molar-refractivity contribution in [2.24, 2.45) is 0 Å². The van der Waals surface area contributed by atoms with E-state index in [4.69, 9.17) is 0 Å². The Hall–Kier alpha value is -2.54. The number of hydrogen-bond donors (Lipinski definition) is 1. The Morgan fingerprint density at radius 2 is 1.95 bits per heavy atom. The molecular formula is C15H18N6O. The van der Waals surface area contributed by atoms with Gasteiger partial charge in [0, 0.05) is 38.6 Å². The van der Waals surface area contributed by atoms with E-state index in [0.717, 1.165) is 32.0 Å². The Balaban J connectivity index is 1.63. The molecule has 0 bridgehead atoms. The molecule has 3 heterocycles. The Bertz CT molecular complexity index is 622. The number of aromatic nitrogens is 3. The van der Waals surface area contributed by atoms with E-state index < -0.39 is 0 Å². The molecule has 2 aromatic heterocycles. The van der Waals surface area contributed by atoms with Gasteiger partial charge >= 0.3 is 0 Å². The molecular weight excluding hydrogens is 280 g/mol. The fourth-order valence-electron chi connectivity index (χ4n) is 2.28. The van der Waals surface area contributed by atoms with Crippen molar-refractivity contribution in [3.8, 4) is 0 Å². The average molecular weight is 298 g/mol. The minimum absolute atomic E-state index is 0.241. The van der Waals surface area contributed by atoms with Crippen LogP contribution in [-0.4, -0.2) is 59.2 Å². The summed E-state index contributed by atoms with van der Waals surface area (Å²) in [7, 11) is 2.11. The molecule has 1 aliphatic rings. The molecule has 1 amide bonds. The molecule has 1 fully saturated rings. The maximum atomic E-state index is 12.0. The fraction of sp³-hybridized carbons (Fsp3) is 0.333. The van der Waals surface area contributed by atoms with E-state index in [-0.39, 0.29) is 5.91 Å². The summed E-state index contributed by atoms with van der Waals surface area (Å²) in [5.41, 5.74) is 0.493. The summed E-state index contributed by atoms with van der Waals surface area (Å²) in [6, 6.07) is 7.08. The second kappa shape index (κ2) is 6.48. The Labute approximate surface area is 129 Å². The van der Waals surface area contributed by atoms with Gasteiger partial charge in [-0.2, -0.15) is 0 Å². The first-order chi connectivity index (χ1) is 10.7. The molecule has 1 saturated heterocycles. The number of nitrogens with zero attached hydrogens (tertiary/aromatic N) is 5. The zero-order valence-electron chi connectivity index (χ0n) is 12.4. The van der Waals surface area contributed by atoms with Gasteiger partial charge in [-0.25, -0.2) is 0 Å². The van der Waals surface area contributed by atoms with E-state index in [1.165, 1.54) is 6.20 Å². The van der Waals surface area contributed by atoms with Crippen LogP contribution in [0.2, 0.25) is 0 Å². The van der Waals surface area contributed by atoms with Gasteiger partial charge in [-0.3, -0.25) is 9.78 Å². The Kier molecular flexibility index (Phi) is 4.24. The maximum Gasteiger partial charge on any atom is 0.258 e. The zero-order valence-corrected chi connectivity index (χ0v) is 12.4. The largest absolute Gasteiger partial charge is 0.353 e. The summed E-state index contributed by atoms with van der Waals surface area (Å²) >= 11 is 0. The summed E-state index contributed by atoms with van der Waals surface area (Å²) in [5, 5.41) is 11.0. The van der Waals surface area contributed by atoms with Crippen molar-refractivity contribution >= 4 is 17.5 Å². The summed E-state index contributed by atoms with van der Waals surface area (Å²) in [5.74, 6) is 1.04. The third-order valence-electron chi connectivity index (χ3n) is 3.64. The van der Waals surface area contributed by atoms with Gasteiger partial charge in [0.05, 0.1) is 5.56 Å². The lowest BCUT2D eigenvalue weighted by molar-refractivity contribution is 0.102. The number of hydrogen-bond acceptors (Lipinski definition) is 6. The lowest BCUT2D eigenvalue weighted by atomic mass is 10.3. The molecule has 7 nitrogen and oxygen atoms in total. The quantitative estimate of drug-likeness (QED) is 0.906. The van der Waals surface area contributed by atoms with Gasteiger partial charge in [0.2, 0.25) is 0 Å². The lowest BCUT2D eigenvalue weighted by Gasteiger charge is -2.32. The third kappa shape index (κ3) is 3.37. The predicted octanol–water partition coefficient (Wildman–Crippen LogP) is 0.876. The predicted molar refractivity (Wildman–Crippen MR) is 83.9 cm³/mol. The third-order valence-corrected chi connectivity index (χ3v) is 3.64. The Morgan fingerprint density at radius 1 is 1.14 bits per heavy atom. The molecule has 0 aromatic carbocycles. The van der Waals surface area contributed by atoms with Crippen molar-refractivity contribution in [2.75, 3.05) is 43.4 Å². The number of anilines is 2. The van der Waals surface area contributed by atoms with E-state index in [2.05, 4.69) is 37.3 Å².